The smallest absolute Gasteiger partial charge is 0.126 e. The van der Waals surface area contributed by atoms with Gasteiger partial charge in [0.25, 0.3) is 0 Å². The van der Waals surface area contributed by atoms with Gasteiger partial charge in [-0.25, -0.2) is 4.98 Å². The Bertz CT molecular complexity index is 733. The minimum atomic E-state index is 0.00713. The van der Waals surface area contributed by atoms with E-state index in [1.807, 2.05) is 25.1 Å². The lowest BCUT2D eigenvalue weighted by molar-refractivity contribution is 0.272. The van der Waals surface area contributed by atoms with Crippen LogP contribution in [0.15, 0.2) is 24.4 Å². The van der Waals surface area contributed by atoms with Crippen molar-refractivity contribution >= 4 is 33.1 Å². The van der Waals surface area contributed by atoms with E-state index in [-0.39, 0.29) is 12.6 Å². The molecular formula is C14H17N5OS. The molecule has 6 nitrogen and oxygen atoms in total. The summed E-state index contributed by atoms with van der Waals surface area (Å²) < 4.78 is 1.03. The maximum absolute atomic E-state index is 9.36. The number of fused-ring (bicyclic) bond motifs is 1. The third kappa shape index (κ3) is 2.70. The van der Waals surface area contributed by atoms with E-state index in [2.05, 4.69) is 20.5 Å². The molecule has 0 saturated carbocycles. The number of anilines is 2. The zero-order valence-corrected chi connectivity index (χ0v) is 12.4. The van der Waals surface area contributed by atoms with Crippen molar-refractivity contribution in [3.63, 3.8) is 0 Å². The van der Waals surface area contributed by atoms with E-state index in [1.54, 1.807) is 17.5 Å². The molecule has 1 atom stereocenters. The Labute approximate surface area is 126 Å². The Morgan fingerprint density at radius 1 is 1.48 bits per heavy atom. The zero-order chi connectivity index (χ0) is 14.8. The maximum Gasteiger partial charge on any atom is 0.126 e. The number of aliphatic hydroxyl groups excluding tert-OH is 1. The molecule has 0 radical (unpaired) electrons. The lowest BCUT2D eigenvalue weighted by atomic mass is 10.2. The van der Waals surface area contributed by atoms with Crippen LogP contribution in [0.4, 0.5) is 11.5 Å². The van der Waals surface area contributed by atoms with Crippen molar-refractivity contribution in [1.82, 2.24) is 15.2 Å². The van der Waals surface area contributed by atoms with E-state index in [0.29, 0.717) is 5.82 Å². The van der Waals surface area contributed by atoms with Crippen molar-refractivity contribution in [1.29, 1.82) is 0 Å². The summed E-state index contributed by atoms with van der Waals surface area (Å²) in [6.07, 6.45) is 2.55. The van der Waals surface area contributed by atoms with E-state index in [4.69, 9.17) is 5.73 Å². The van der Waals surface area contributed by atoms with Crippen LogP contribution in [0.3, 0.4) is 0 Å². The highest BCUT2D eigenvalue weighted by Gasteiger charge is 2.13. The van der Waals surface area contributed by atoms with Crippen LogP contribution in [-0.4, -0.2) is 32.9 Å². The first-order chi connectivity index (χ1) is 10.2. The van der Waals surface area contributed by atoms with Crippen molar-refractivity contribution in [2.75, 3.05) is 17.7 Å². The number of hydrogen-bond acceptors (Lipinski definition) is 6. The number of nitrogens with one attached hydrogen (secondary N) is 2. The number of aliphatic hydroxyl groups is 1. The predicted molar refractivity (Wildman–Crippen MR) is 86.4 cm³/mol. The second-order valence-electron chi connectivity index (χ2n) is 4.82. The number of thiophene rings is 1. The molecule has 21 heavy (non-hydrogen) atoms. The van der Waals surface area contributed by atoms with Gasteiger partial charge in [0.1, 0.15) is 5.82 Å². The third-order valence-electron chi connectivity index (χ3n) is 3.34. The number of hydrogen-bond donors (Lipinski definition) is 4. The summed E-state index contributed by atoms with van der Waals surface area (Å²) in [6.45, 7) is 2.11. The second-order valence-corrected chi connectivity index (χ2v) is 5.87. The summed E-state index contributed by atoms with van der Waals surface area (Å²) in [7, 11) is 0. The summed E-state index contributed by atoms with van der Waals surface area (Å²) >= 11 is 1.62. The molecule has 0 saturated heterocycles. The average Bonchev–Trinajstić information content (AvgIpc) is 3.12. The van der Waals surface area contributed by atoms with Gasteiger partial charge in [0, 0.05) is 18.3 Å². The predicted octanol–water partition coefficient (Wildman–Crippen LogP) is 2.45. The van der Waals surface area contributed by atoms with Gasteiger partial charge in [-0.15, -0.1) is 11.3 Å². The van der Waals surface area contributed by atoms with E-state index < -0.39 is 0 Å². The highest BCUT2D eigenvalue weighted by molar-refractivity contribution is 7.22. The number of rotatable bonds is 5. The Morgan fingerprint density at radius 2 is 2.33 bits per heavy atom. The molecular weight excluding hydrogens is 286 g/mol. The molecule has 0 bridgehead atoms. The molecule has 0 aliphatic rings. The van der Waals surface area contributed by atoms with E-state index >= 15 is 0 Å². The molecule has 7 heteroatoms. The molecule has 0 amide bonds. The van der Waals surface area contributed by atoms with Gasteiger partial charge < -0.3 is 16.2 Å². The van der Waals surface area contributed by atoms with Crippen LogP contribution in [-0.2, 0) is 0 Å². The summed E-state index contributed by atoms with van der Waals surface area (Å²) in [5, 5.41) is 19.6. The van der Waals surface area contributed by atoms with Gasteiger partial charge in [0.15, 0.2) is 0 Å². The van der Waals surface area contributed by atoms with Crippen LogP contribution in [0, 0.1) is 0 Å². The van der Waals surface area contributed by atoms with E-state index in [9.17, 15) is 5.11 Å². The molecule has 0 aromatic carbocycles. The van der Waals surface area contributed by atoms with Crippen molar-refractivity contribution < 1.29 is 5.11 Å². The van der Waals surface area contributed by atoms with Gasteiger partial charge in [0.05, 0.1) is 33.1 Å². The molecule has 3 aromatic rings. The largest absolute Gasteiger partial charge is 0.394 e. The molecule has 0 unspecified atom stereocenters. The topological polar surface area (TPSA) is 99.8 Å². The Balaban J connectivity index is 2.07. The van der Waals surface area contributed by atoms with Gasteiger partial charge >= 0.3 is 0 Å². The molecule has 0 fully saturated rings. The van der Waals surface area contributed by atoms with Gasteiger partial charge in [-0.2, -0.15) is 5.10 Å². The highest BCUT2D eigenvalue weighted by Crippen LogP contribution is 2.37. The normalized spacial score (nSPS) is 12.7. The number of aromatic amines is 1. The fourth-order valence-corrected chi connectivity index (χ4v) is 3.22. The van der Waals surface area contributed by atoms with Crippen molar-refractivity contribution in [3.05, 3.63) is 24.4 Å². The van der Waals surface area contributed by atoms with Gasteiger partial charge in [-0.05, 0) is 18.6 Å². The summed E-state index contributed by atoms with van der Waals surface area (Å²) in [6, 6.07) is 5.74. The second kappa shape index (κ2) is 5.71. The van der Waals surface area contributed by atoms with Gasteiger partial charge in [0.2, 0.25) is 0 Å². The number of pyridine rings is 1. The lowest BCUT2D eigenvalue weighted by Crippen LogP contribution is -2.22. The third-order valence-corrected chi connectivity index (χ3v) is 4.53. The van der Waals surface area contributed by atoms with Gasteiger partial charge in [-0.1, -0.05) is 6.92 Å². The molecule has 110 valence electrons. The van der Waals surface area contributed by atoms with Crippen LogP contribution >= 0.6 is 11.3 Å². The number of nitrogen functional groups attached to an aromatic ring is 1. The van der Waals surface area contributed by atoms with Gasteiger partial charge in [-0.3, -0.25) is 5.10 Å². The molecule has 0 spiro atoms. The molecule has 3 heterocycles. The summed E-state index contributed by atoms with van der Waals surface area (Å²) in [5.41, 5.74) is 8.60. The monoisotopic (exact) mass is 303 g/mol. The van der Waals surface area contributed by atoms with E-state index in [0.717, 1.165) is 32.9 Å². The maximum atomic E-state index is 9.36. The van der Waals surface area contributed by atoms with Crippen LogP contribution in [0.5, 0.6) is 0 Å². The minimum Gasteiger partial charge on any atom is -0.394 e. The lowest BCUT2D eigenvalue weighted by Gasteiger charge is -2.16. The van der Waals surface area contributed by atoms with Crippen molar-refractivity contribution in [2.24, 2.45) is 0 Å². The Hall–Kier alpha value is -2.12. The zero-order valence-electron chi connectivity index (χ0n) is 11.6. The number of nitrogens with two attached hydrogens (primary N) is 1. The van der Waals surface area contributed by atoms with Crippen LogP contribution in [0.1, 0.15) is 13.3 Å². The van der Waals surface area contributed by atoms with Crippen molar-refractivity contribution in [2.45, 2.75) is 19.4 Å². The fourth-order valence-electron chi connectivity index (χ4n) is 2.17. The first-order valence-electron chi connectivity index (χ1n) is 6.78. The fraction of sp³-hybridized carbons (Fsp3) is 0.286. The standard InChI is InChI=1S/C14H17N5OS/c1-2-8(7-20)17-11-6-13(15)18-10-5-12(21-14(10)11)9-3-4-16-19-9/h3-6,8,20H,2,7H2,1H3,(H,16,19)(H3,15,17,18)/t8-/m0/s1. The van der Waals surface area contributed by atoms with E-state index in [1.165, 1.54) is 0 Å². The summed E-state index contributed by atoms with van der Waals surface area (Å²) in [5.74, 6) is 0.465. The first-order valence-corrected chi connectivity index (χ1v) is 7.60. The van der Waals surface area contributed by atoms with Crippen molar-refractivity contribution in [3.8, 4) is 10.6 Å². The van der Waals surface area contributed by atoms with Crippen LogP contribution in [0.2, 0.25) is 0 Å². The average molecular weight is 303 g/mol. The number of aromatic nitrogens is 3. The molecule has 5 N–H and O–H groups in total. The molecule has 3 aromatic heterocycles. The highest BCUT2D eigenvalue weighted by atomic mass is 32.1. The molecule has 0 aliphatic heterocycles. The quantitative estimate of drug-likeness (QED) is 0.580. The van der Waals surface area contributed by atoms with Crippen LogP contribution in [0.25, 0.3) is 20.8 Å². The Morgan fingerprint density at radius 3 is 3.00 bits per heavy atom. The molecule has 3 rings (SSSR count). The molecule has 0 aliphatic carbocycles. The number of H-pyrrole nitrogens is 1. The number of nitrogens with zero attached hydrogens (tertiary/aromatic N) is 2. The Kier molecular flexibility index (Phi) is 3.76. The summed E-state index contributed by atoms with van der Waals surface area (Å²) in [4.78, 5) is 5.43. The minimum absolute atomic E-state index is 0.00713. The SMILES string of the molecule is CC[C@@H](CO)Nc1cc(N)nc2cc(-c3ccn[nH]3)sc12. The first kappa shape index (κ1) is 13.8. The van der Waals surface area contributed by atoms with Crippen LogP contribution < -0.4 is 11.1 Å².